The summed E-state index contributed by atoms with van der Waals surface area (Å²) in [4.78, 5) is 9.46. The van der Waals surface area contributed by atoms with E-state index in [4.69, 9.17) is 9.47 Å². The Balaban J connectivity index is 1.88. The van der Waals surface area contributed by atoms with E-state index in [2.05, 4.69) is 15.3 Å². The summed E-state index contributed by atoms with van der Waals surface area (Å²) in [5, 5.41) is 3.05. The molecule has 2 heterocycles. The Bertz CT molecular complexity index is 819. The smallest absolute Gasteiger partial charge is 0.433 e. The summed E-state index contributed by atoms with van der Waals surface area (Å²) in [6, 6.07) is 8.70. The van der Waals surface area contributed by atoms with Crippen LogP contribution in [0.2, 0.25) is 0 Å². The molecule has 9 heteroatoms. The van der Waals surface area contributed by atoms with Crippen LogP contribution in [0.4, 0.5) is 24.9 Å². The van der Waals surface area contributed by atoms with E-state index in [0.717, 1.165) is 30.2 Å². The van der Waals surface area contributed by atoms with Gasteiger partial charge in [-0.1, -0.05) is 12.1 Å². The van der Waals surface area contributed by atoms with E-state index in [-0.39, 0.29) is 17.2 Å². The molecule has 0 unspecified atom stereocenters. The normalized spacial score (nSPS) is 16.3. The number of alkyl halides is 3. The Morgan fingerprint density at radius 3 is 2.34 bits per heavy atom. The number of anilines is 2. The first kappa shape index (κ1) is 21.2. The molecule has 6 nitrogen and oxygen atoms in total. The Labute approximate surface area is 168 Å². The molecule has 1 aromatic heterocycles. The van der Waals surface area contributed by atoms with Gasteiger partial charge < -0.3 is 19.7 Å². The summed E-state index contributed by atoms with van der Waals surface area (Å²) < 4.78 is 50.5. The van der Waals surface area contributed by atoms with E-state index in [1.54, 1.807) is 21.2 Å². The molecule has 0 amide bonds. The van der Waals surface area contributed by atoms with Crippen LogP contribution in [-0.2, 0) is 16.3 Å². The lowest BCUT2D eigenvalue weighted by Gasteiger charge is -2.38. The molecule has 0 aliphatic carbocycles. The van der Waals surface area contributed by atoms with Crippen LogP contribution in [0, 0.1) is 0 Å². The van der Waals surface area contributed by atoms with Gasteiger partial charge in [0.2, 0.25) is 5.95 Å². The zero-order chi connectivity index (χ0) is 21.1. The van der Waals surface area contributed by atoms with Gasteiger partial charge in [0.1, 0.15) is 11.6 Å². The van der Waals surface area contributed by atoms with Crippen LogP contribution in [0.15, 0.2) is 30.3 Å². The van der Waals surface area contributed by atoms with E-state index in [1.807, 2.05) is 24.3 Å². The van der Waals surface area contributed by atoms with Gasteiger partial charge in [-0.2, -0.15) is 18.2 Å². The number of nitrogens with zero attached hydrogens (tertiary/aromatic N) is 3. The van der Waals surface area contributed by atoms with Crippen molar-refractivity contribution in [2.75, 3.05) is 51.2 Å². The third kappa shape index (κ3) is 4.90. The van der Waals surface area contributed by atoms with Crippen molar-refractivity contribution in [3.8, 4) is 5.75 Å². The molecular weight excluding hydrogens is 385 g/mol. The van der Waals surface area contributed by atoms with Crippen LogP contribution in [-0.4, -0.2) is 50.9 Å². The number of rotatable bonds is 6. The van der Waals surface area contributed by atoms with Crippen molar-refractivity contribution in [2.24, 2.45) is 0 Å². The van der Waals surface area contributed by atoms with E-state index in [0.29, 0.717) is 19.8 Å². The highest BCUT2D eigenvalue weighted by molar-refractivity contribution is 5.45. The second kappa shape index (κ2) is 8.44. The maximum atomic E-state index is 13.3. The van der Waals surface area contributed by atoms with E-state index >= 15 is 0 Å². The number of hydrogen-bond acceptors (Lipinski definition) is 6. The fourth-order valence-corrected chi connectivity index (χ4v) is 3.41. The maximum Gasteiger partial charge on any atom is 0.433 e. The van der Waals surface area contributed by atoms with Crippen molar-refractivity contribution in [2.45, 2.75) is 24.4 Å². The van der Waals surface area contributed by atoms with Crippen molar-refractivity contribution in [3.63, 3.8) is 0 Å². The molecule has 1 N–H and O–H groups in total. The molecule has 2 aromatic rings. The quantitative estimate of drug-likeness (QED) is 0.783. The molecule has 1 aliphatic rings. The highest BCUT2D eigenvalue weighted by Gasteiger charge is 2.36. The largest absolute Gasteiger partial charge is 0.497 e. The van der Waals surface area contributed by atoms with Crippen molar-refractivity contribution in [1.82, 2.24) is 9.97 Å². The summed E-state index contributed by atoms with van der Waals surface area (Å²) >= 11 is 0. The third-order valence-electron chi connectivity index (χ3n) is 5.20. The van der Waals surface area contributed by atoms with Crippen molar-refractivity contribution in [3.05, 3.63) is 41.6 Å². The minimum atomic E-state index is -4.55. The molecule has 158 valence electrons. The lowest BCUT2D eigenvalue weighted by atomic mass is 9.74. The summed E-state index contributed by atoms with van der Waals surface area (Å²) in [5.74, 6) is 0.906. The number of ether oxygens (including phenoxy) is 2. The molecule has 3 rings (SSSR count). The standard InChI is InChI=1S/C20H25F3N4O2/c1-27(2)17-12-16(20(21,22)23)25-18(26-17)24-13-19(8-10-29-11-9-19)14-4-6-15(28-3)7-5-14/h4-7,12H,8-11,13H2,1-3H3,(H,24,25,26). The first-order valence-corrected chi connectivity index (χ1v) is 9.33. The zero-order valence-corrected chi connectivity index (χ0v) is 16.7. The second-order valence-electron chi connectivity index (χ2n) is 7.30. The van der Waals surface area contributed by atoms with Gasteiger partial charge in [0.05, 0.1) is 7.11 Å². The highest BCUT2D eigenvalue weighted by atomic mass is 19.4. The predicted octanol–water partition coefficient (Wildman–Crippen LogP) is 3.73. The predicted molar refractivity (Wildman–Crippen MR) is 105 cm³/mol. The Morgan fingerprint density at radius 1 is 1.14 bits per heavy atom. The number of benzene rings is 1. The van der Waals surface area contributed by atoms with Gasteiger partial charge in [-0.05, 0) is 30.5 Å². The zero-order valence-electron chi connectivity index (χ0n) is 16.7. The number of hydrogen-bond donors (Lipinski definition) is 1. The summed E-state index contributed by atoms with van der Waals surface area (Å²) in [6.07, 6.45) is -3.06. The van der Waals surface area contributed by atoms with Crippen molar-refractivity contribution in [1.29, 1.82) is 0 Å². The lowest BCUT2D eigenvalue weighted by molar-refractivity contribution is -0.141. The molecular formula is C20H25F3N4O2. The molecule has 0 spiro atoms. The summed E-state index contributed by atoms with van der Waals surface area (Å²) in [6.45, 7) is 1.57. The van der Waals surface area contributed by atoms with Gasteiger partial charge >= 0.3 is 6.18 Å². The average molecular weight is 410 g/mol. The first-order valence-electron chi connectivity index (χ1n) is 9.33. The van der Waals surface area contributed by atoms with Gasteiger partial charge in [0.25, 0.3) is 0 Å². The minimum Gasteiger partial charge on any atom is -0.497 e. The SMILES string of the molecule is COc1ccc(C2(CNc3nc(N(C)C)cc(C(F)(F)F)n3)CCOCC2)cc1. The number of methoxy groups -OCH3 is 1. The minimum absolute atomic E-state index is 0.0390. The number of aromatic nitrogens is 2. The van der Waals surface area contributed by atoms with Gasteiger partial charge in [0.15, 0.2) is 5.69 Å². The van der Waals surface area contributed by atoms with Crippen molar-refractivity contribution < 1.29 is 22.6 Å². The average Bonchev–Trinajstić information content (AvgIpc) is 2.72. The van der Waals surface area contributed by atoms with Gasteiger partial charge in [-0.3, -0.25) is 0 Å². The first-order chi connectivity index (χ1) is 13.7. The molecule has 0 radical (unpaired) electrons. The fourth-order valence-electron chi connectivity index (χ4n) is 3.41. The molecule has 1 aliphatic heterocycles. The summed E-state index contributed by atoms with van der Waals surface area (Å²) in [5.41, 5.74) is -0.182. The monoisotopic (exact) mass is 410 g/mol. The molecule has 29 heavy (non-hydrogen) atoms. The van der Waals surface area contributed by atoms with Crippen LogP contribution in [0.25, 0.3) is 0 Å². The Hall–Kier alpha value is -2.55. The van der Waals surface area contributed by atoms with E-state index in [1.165, 1.54) is 4.90 Å². The third-order valence-corrected chi connectivity index (χ3v) is 5.20. The summed E-state index contributed by atoms with van der Waals surface area (Å²) in [7, 11) is 4.89. The van der Waals surface area contributed by atoms with Gasteiger partial charge in [-0.25, -0.2) is 4.98 Å². The van der Waals surface area contributed by atoms with Crippen LogP contribution in [0.5, 0.6) is 5.75 Å². The molecule has 0 saturated carbocycles. The molecule has 1 aromatic carbocycles. The molecule has 1 fully saturated rings. The Morgan fingerprint density at radius 2 is 1.79 bits per heavy atom. The van der Waals surface area contributed by atoms with Gasteiger partial charge in [0, 0.05) is 45.3 Å². The van der Waals surface area contributed by atoms with Crippen LogP contribution < -0.4 is 15.0 Å². The highest BCUT2D eigenvalue weighted by Crippen LogP contribution is 2.36. The van der Waals surface area contributed by atoms with Crippen LogP contribution in [0.3, 0.4) is 0 Å². The maximum absolute atomic E-state index is 13.3. The van der Waals surface area contributed by atoms with Gasteiger partial charge in [-0.15, -0.1) is 0 Å². The van der Waals surface area contributed by atoms with E-state index < -0.39 is 11.9 Å². The Kier molecular flexibility index (Phi) is 6.16. The molecule has 0 bridgehead atoms. The van der Waals surface area contributed by atoms with Crippen molar-refractivity contribution >= 4 is 11.8 Å². The van der Waals surface area contributed by atoms with Crippen LogP contribution >= 0.6 is 0 Å². The molecule has 1 saturated heterocycles. The number of nitrogens with one attached hydrogen (secondary N) is 1. The van der Waals surface area contributed by atoms with E-state index in [9.17, 15) is 13.2 Å². The fraction of sp³-hybridized carbons (Fsp3) is 0.500. The second-order valence-corrected chi connectivity index (χ2v) is 7.30. The topological polar surface area (TPSA) is 59.5 Å². The number of halogens is 3. The molecule has 0 atom stereocenters. The van der Waals surface area contributed by atoms with Crippen LogP contribution in [0.1, 0.15) is 24.1 Å². The lowest BCUT2D eigenvalue weighted by Crippen LogP contribution is -2.40.